The molecule has 0 radical (unpaired) electrons. The van der Waals surface area contributed by atoms with Crippen molar-refractivity contribution in [3.63, 3.8) is 0 Å². The summed E-state index contributed by atoms with van der Waals surface area (Å²) in [5.74, 6) is 1.29. The first kappa shape index (κ1) is 19.7. The van der Waals surface area contributed by atoms with Gasteiger partial charge in [0.1, 0.15) is 11.4 Å². The largest absolute Gasteiger partial charge is 0.486 e. The molecule has 1 saturated heterocycles. The summed E-state index contributed by atoms with van der Waals surface area (Å²) in [7, 11) is 4.39. The van der Waals surface area contributed by atoms with E-state index in [4.69, 9.17) is 4.74 Å². The molecule has 0 aromatic heterocycles. The van der Waals surface area contributed by atoms with Crippen LogP contribution in [0.1, 0.15) is 51.0 Å². The van der Waals surface area contributed by atoms with Gasteiger partial charge >= 0.3 is 0 Å². The van der Waals surface area contributed by atoms with E-state index in [9.17, 15) is 4.79 Å². The predicted octanol–water partition coefficient (Wildman–Crippen LogP) is 3.13. The minimum atomic E-state index is -0.0726. The van der Waals surface area contributed by atoms with Gasteiger partial charge in [0.15, 0.2) is 0 Å². The Labute approximate surface area is 169 Å². The zero-order valence-corrected chi connectivity index (χ0v) is 17.7. The highest BCUT2D eigenvalue weighted by Gasteiger charge is 2.43. The second-order valence-electron chi connectivity index (χ2n) is 9.23. The average molecular weight is 386 g/mol. The molecule has 2 fully saturated rings. The smallest absolute Gasteiger partial charge is 0.219 e. The molecule has 0 unspecified atom stereocenters. The van der Waals surface area contributed by atoms with Crippen molar-refractivity contribution >= 4 is 5.91 Å². The molecule has 3 aliphatic rings. The van der Waals surface area contributed by atoms with Crippen LogP contribution in [-0.2, 0) is 11.3 Å². The van der Waals surface area contributed by atoms with Gasteiger partial charge in [-0.1, -0.05) is 18.2 Å². The van der Waals surface area contributed by atoms with Crippen LogP contribution in [0.5, 0.6) is 5.75 Å². The predicted molar refractivity (Wildman–Crippen MR) is 111 cm³/mol. The number of benzene rings is 1. The SMILES string of the molecule is CC(=O)N1CCC(N2Cc3ccccc3OC3(CCC(N(C)C)CC3)C2)CC1. The maximum Gasteiger partial charge on any atom is 0.219 e. The number of likely N-dealkylation sites (tertiary alicyclic amines) is 1. The number of carbonyl (C=O) groups is 1. The Bertz CT molecular complexity index is 689. The van der Waals surface area contributed by atoms with Crippen LogP contribution in [0.3, 0.4) is 0 Å². The standard InChI is InChI=1S/C23H35N3O2/c1-18(27)25-14-10-21(11-15-25)26-16-19-6-4-5-7-22(19)28-23(17-26)12-8-20(9-13-23)24(2)3/h4-7,20-21H,8-17H2,1-3H3. The third kappa shape index (κ3) is 4.06. The number of piperidine rings is 1. The van der Waals surface area contributed by atoms with Gasteiger partial charge in [0.25, 0.3) is 0 Å². The molecule has 0 N–H and O–H groups in total. The summed E-state index contributed by atoms with van der Waals surface area (Å²) in [5.41, 5.74) is 1.24. The molecule has 2 aliphatic heterocycles. The van der Waals surface area contributed by atoms with Crippen molar-refractivity contribution in [2.45, 2.75) is 69.7 Å². The van der Waals surface area contributed by atoms with Crippen LogP contribution in [-0.4, -0.2) is 72.0 Å². The van der Waals surface area contributed by atoms with Crippen molar-refractivity contribution < 1.29 is 9.53 Å². The van der Waals surface area contributed by atoms with E-state index in [0.29, 0.717) is 12.1 Å². The number of para-hydroxylation sites is 1. The van der Waals surface area contributed by atoms with Gasteiger partial charge < -0.3 is 14.5 Å². The Morgan fingerprint density at radius 1 is 1.11 bits per heavy atom. The highest BCUT2D eigenvalue weighted by Crippen LogP contribution is 2.40. The normalized spacial score (nSPS) is 29.4. The monoisotopic (exact) mass is 385 g/mol. The number of amides is 1. The molecule has 154 valence electrons. The number of ether oxygens (including phenoxy) is 1. The fraction of sp³-hybridized carbons (Fsp3) is 0.696. The van der Waals surface area contributed by atoms with E-state index in [1.165, 1.54) is 18.4 Å². The maximum absolute atomic E-state index is 11.7. The topological polar surface area (TPSA) is 36.0 Å². The van der Waals surface area contributed by atoms with Crippen molar-refractivity contribution in [1.29, 1.82) is 0 Å². The minimum Gasteiger partial charge on any atom is -0.486 e. The second kappa shape index (κ2) is 8.03. The molecule has 1 aliphatic carbocycles. The number of nitrogens with zero attached hydrogens (tertiary/aromatic N) is 3. The molecule has 1 aromatic carbocycles. The van der Waals surface area contributed by atoms with Gasteiger partial charge in [-0.3, -0.25) is 9.69 Å². The Kier molecular flexibility index (Phi) is 5.66. The summed E-state index contributed by atoms with van der Waals surface area (Å²) >= 11 is 0. The first-order valence-corrected chi connectivity index (χ1v) is 10.9. The van der Waals surface area contributed by atoms with Crippen molar-refractivity contribution in [1.82, 2.24) is 14.7 Å². The van der Waals surface area contributed by atoms with E-state index in [1.807, 2.05) is 4.90 Å². The van der Waals surface area contributed by atoms with Crippen LogP contribution < -0.4 is 4.74 Å². The number of rotatable bonds is 2. The molecule has 1 aromatic rings. The lowest BCUT2D eigenvalue weighted by Gasteiger charge is -2.45. The summed E-state index contributed by atoms with van der Waals surface area (Å²) in [6, 6.07) is 9.79. The summed E-state index contributed by atoms with van der Waals surface area (Å²) in [6.07, 6.45) is 6.77. The molecule has 0 bridgehead atoms. The fourth-order valence-corrected chi connectivity index (χ4v) is 5.35. The van der Waals surface area contributed by atoms with Gasteiger partial charge in [-0.15, -0.1) is 0 Å². The van der Waals surface area contributed by atoms with Crippen molar-refractivity contribution in [3.8, 4) is 5.75 Å². The highest BCUT2D eigenvalue weighted by molar-refractivity contribution is 5.73. The summed E-state index contributed by atoms with van der Waals surface area (Å²) in [5, 5.41) is 0. The van der Waals surface area contributed by atoms with Crippen LogP contribution in [0.15, 0.2) is 24.3 Å². The Morgan fingerprint density at radius 2 is 1.79 bits per heavy atom. The Hall–Kier alpha value is -1.59. The van der Waals surface area contributed by atoms with Gasteiger partial charge in [-0.2, -0.15) is 0 Å². The van der Waals surface area contributed by atoms with Crippen LogP contribution in [0.2, 0.25) is 0 Å². The number of fused-ring (bicyclic) bond motifs is 1. The third-order valence-corrected chi connectivity index (χ3v) is 7.19. The lowest BCUT2D eigenvalue weighted by Crippen LogP contribution is -2.54. The van der Waals surface area contributed by atoms with Crippen LogP contribution in [0.25, 0.3) is 0 Å². The van der Waals surface area contributed by atoms with Gasteiger partial charge in [0.2, 0.25) is 5.91 Å². The van der Waals surface area contributed by atoms with Gasteiger partial charge in [0, 0.05) is 50.7 Å². The van der Waals surface area contributed by atoms with Crippen molar-refractivity contribution in [3.05, 3.63) is 29.8 Å². The highest BCUT2D eigenvalue weighted by atomic mass is 16.5. The molecule has 1 spiro atoms. The maximum atomic E-state index is 11.7. The van der Waals surface area contributed by atoms with E-state index in [0.717, 1.165) is 57.6 Å². The number of hydrogen-bond donors (Lipinski definition) is 0. The second-order valence-corrected chi connectivity index (χ2v) is 9.23. The van der Waals surface area contributed by atoms with E-state index in [2.05, 4.69) is 48.2 Å². The molecule has 1 amide bonds. The van der Waals surface area contributed by atoms with Gasteiger partial charge in [0.05, 0.1) is 0 Å². The van der Waals surface area contributed by atoms with Crippen molar-refractivity contribution in [2.24, 2.45) is 0 Å². The minimum absolute atomic E-state index is 0.0726. The number of carbonyl (C=O) groups excluding carboxylic acids is 1. The average Bonchev–Trinajstić information content (AvgIpc) is 2.85. The molecule has 5 heteroatoms. The fourth-order valence-electron chi connectivity index (χ4n) is 5.35. The zero-order chi connectivity index (χ0) is 19.7. The first-order valence-electron chi connectivity index (χ1n) is 10.9. The molecule has 28 heavy (non-hydrogen) atoms. The van der Waals surface area contributed by atoms with Gasteiger partial charge in [-0.05, 0) is 58.7 Å². The van der Waals surface area contributed by atoms with Crippen LogP contribution >= 0.6 is 0 Å². The molecular weight excluding hydrogens is 350 g/mol. The molecule has 0 atom stereocenters. The van der Waals surface area contributed by atoms with Gasteiger partial charge in [-0.25, -0.2) is 0 Å². The Morgan fingerprint density at radius 3 is 2.43 bits per heavy atom. The van der Waals surface area contributed by atoms with Crippen LogP contribution in [0, 0.1) is 0 Å². The summed E-state index contributed by atoms with van der Waals surface area (Å²) < 4.78 is 6.77. The van der Waals surface area contributed by atoms with Crippen LogP contribution in [0.4, 0.5) is 0 Å². The van der Waals surface area contributed by atoms with E-state index >= 15 is 0 Å². The first-order chi connectivity index (χ1) is 13.5. The summed E-state index contributed by atoms with van der Waals surface area (Å²) in [6.45, 7) is 5.42. The quantitative estimate of drug-likeness (QED) is 0.784. The van der Waals surface area contributed by atoms with E-state index in [1.54, 1.807) is 6.92 Å². The third-order valence-electron chi connectivity index (χ3n) is 7.19. The lowest BCUT2D eigenvalue weighted by molar-refractivity contribution is -0.130. The lowest BCUT2D eigenvalue weighted by atomic mass is 9.80. The van der Waals surface area contributed by atoms with E-state index < -0.39 is 0 Å². The molecule has 1 saturated carbocycles. The molecule has 2 heterocycles. The molecule has 5 nitrogen and oxygen atoms in total. The van der Waals surface area contributed by atoms with Crippen molar-refractivity contribution in [2.75, 3.05) is 33.7 Å². The molecule has 4 rings (SSSR count). The number of hydrogen-bond acceptors (Lipinski definition) is 4. The van der Waals surface area contributed by atoms with E-state index in [-0.39, 0.29) is 11.5 Å². The summed E-state index contributed by atoms with van der Waals surface area (Å²) in [4.78, 5) is 18.7. The Balaban J connectivity index is 1.54. The zero-order valence-electron chi connectivity index (χ0n) is 17.7. The molecular formula is C23H35N3O2.